The van der Waals surface area contributed by atoms with Crippen molar-refractivity contribution in [3.63, 3.8) is 0 Å². The predicted molar refractivity (Wildman–Crippen MR) is 80.2 cm³/mol. The second kappa shape index (κ2) is 6.15. The molecular formula is C15H15FN2O3S. The van der Waals surface area contributed by atoms with E-state index in [0.717, 1.165) is 11.6 Å². The van der Waals surface area contributed by atoms with Crippen molar-refractivity contribution in [1.82, 2.24) is 5.32 Å². The second-order valence-corrected chi connectivity index (χ2v) is 6.80. The number of urea groups is 1. The van der Waals surface area contributed by atoms with E-state index in [-0.39, 0.29) is 10.5 Å². The van der Waals surface area contributed by atoms with Gasteiger partial charge < -0.3 is 11.1 Å². The Morgan fingerprint density at radius 3 is 2.27 bits per heavy atom. The molecule has 3 N–H and O–H groups in total. The second-order valence-electron chi connectivity index (χ2n) is 4.77. The molecule has 0 saturated heterocycles. The van der Waals surface area contributed by atoms with Crippen LogP contribution >= 0.6 is 0 Å². The van der Waals surface area contributed by atoms with Crippen LogP contribution in [0.15, 0.2) is 53.4 Å². The van der Waals surface area contributed by atoms with E-state index >= 15 is 0 Å². The summed E-state index contributed by atoms with van der Waals surface area (Å²) in [5, 5.41) is 0.512. The normalized spacial score (nSPS) is 12.6. The molecule has 0 aliphatic carbocycles. The topological polar surface area (TPSA) is 89.3 Å². The molecule has 0 bridgehead atoms. The van der Waals surface area contributed by atoms with Crippen molar-refractivity contribution in [2.45, 2.75) is 17.2 Å². The first-order valence-electron chi connectivity index (χ1n) is 6.43. The first-order chi connectivity index (χ1) is 10.3. The van der Waals surface area contributed by atoms with Gasteiger partial charge in [-0.25, -0.2) is 17.6 Å². The highest BCUT2D eigenvalue weighted by atomic mass is 32.2. The Balaban J connectivity index is 2.56. The molecule has 2 aromatic carbocycles. The van der Waals surface area contributed by atoms with Gasteiger partial charge in [0.2, 0.25) is 9.84 Å². The smallest absolute Gasteiger partial charge is 0.313 e. The summed E-state index contributed by atoms with van der Waals surface area (Å²) in [6.45, 7) is 1.81. The number of carbonyl (C=O) groups is 1. The maximum absolute atomic E-state index is 13.9. The minimum atomic E-state index is -4.04. The summed E-state index contributed by atoms with van der Waals surface area (Å²) < 4.78 is 39.3. The first-order valence-corrected chi connectivity index (χ1v) is 7.98. The molecule has 0 aliphatic heterocycles. The summed E-state index contributed by atoms with van der Waals surface area (Å²) >= 11 is 0. The average Bonchev–Trinajstić information content (AvgIpc) is 2.46. The highest BCUT2D eigenvalue weighted by molar-refractivity contribution is 7.91. The lowest BCUT2D eigenvalue weighted by molar-refractivity contribution is 0.247. The van der Waals surface area contributed by atoms with Crippen LogP contribution in [0.1, 0.15) is 16.5 Å². The molecule has 7 heteroatoms. The molecule has 116 valence electrons. The van der Waals surface area contributed by atoms with E-state index in [0.29, 0.717) is 0 Å². The van der Waals surface area contributed by atoms with Crippen molar-refractivity contribution < 1.29 is 17.6 Å². The number of halogens is 1. The van der Waals surface area contributed by atoms with Crippen molar-refractivity contribution >= 4 is 15.9 Å². The van der Waals surface area contributed by atoms with Crippen molar-refractivity contribution in [1.29, 1.82) is 0 Å². The van der Waals surface area contributed by atoms with E-state index < -0.39 is 27.1 Å². The summed E-state index contributed by atoms with van der Waals surface area (Å²) in [5.74, 6) is -0.739. The summed E-state index contributed by atoms with van der Waals surface area (Å²) in [4.78, 5) is 11.1. The maximum atomic E-state index is 13.9. The number of carbonyl (C=O) groups excluding carboxylic acids is 1. The number of primary amides is 1. The van der Waals surface area contributed by atoms with Crippen molar-refractivity contribution in [3.8, 4) is 0 Å². The SMILES string of the molecule is Cc1ccc(S(=O)(=O)C(NC(N)=O)c2ccccc2F)cc1. The van der Waals surface area contributed by atoms with Crippen LogP contribution < -0.4 is 11.1 Å². The van der Waals surface area contributed by atoms with Crippen LogP contribution in [0.5, 0.6) is 0 Å². The van der Waals surface area contributed by atoms with Gasteiger partial charge in [0.15, 0.2) is 5.37 Å². The number of amides is 2. The number of benzene rings is 2. The molecule has 0 heterocycles. The van der Waals surface area contributed by atoms with E-state index in [1.807, 2.05) is 6.92 Å². The van der Waals surface area contributed by atoms with E-state index in [1.165, 1.54) is 30.3 Å². The predicted octanol–water partition coefficient (Wildman–Crippen LogP) is 2.27. The van der Waals surface area contributed by atoms with Crippen LogP contribution in [-0.4, -0.2) is 14.4 Å². The minimum Gasteiger partial charge on any atom is -0.352 e. The van der Waals surface area contributed by atoms with Crippen molar-refractivity contribution in [2.24, 2.45) is 5.73 Å². The van der Waals surface area contributed by atoms with Gasteiger partial charge in [0.05, 0.1) is 4.90 Å². The Kier molecular flexibility index (Phi) is 4.46. The third kappa shape index (κ3) is 3.25. The lowest BCUT2D eigenvalue weighted by atomic mass is 10.2. The standard InChI is InChI=1S/C15H15FN2O3S/c1-10-6-8-11(9-7-10)22(20,21)14(18-15(17)19)12-4-2-3-5-13(12)16/h2-9,14H,1H3,(H3,17,18,19). The molecular weight excluding hydrogens is 307 g/mol. The number of hydrogen-bond donors (Lipinski definition) is 2. The van der Waals surface area contributed by atoms with E-state index in [2.05, 4.69) is 5.32 Å². The Morgan fingerprint density at radius 2 is 1.73 bits per heavy atom. The zero-order chi connectivity index (χ0) is 16.3. The van der Waals surface area contributed by atoms with Gasteiger partial charge in [0, 0.05) is 5.56 Å². The number of aryl methyl sites for hydroxylation is 1. The lowest BCUT2D eigenvalue weighted by Gasteiger charge is -2.19. The average molecular weight is 322 g/mol. The molecule has 0 fully saturated rings. The van der Waals surface area contributed by atoms with E-state index in [1.54, 1.807) is 12.1 Å². The Bertz CT molecular complexity index is 789. The zero-order valence-corrected chi connectivity index (χ0v) is 12.6. The fourth-order valence-electron chi connectivity index (χ4n) is 2.00. The molecule has 0 aliphatic rings. The number of rotatable bonds is 4. The quantitative estimate of drug-likeness (QED) is 0.905. The largest absolute Gasteiger partial charge is 0.352 e. The lowest BCUT2D eigenvalue weighted by Crippen LogP contribution is -2.37. The Labute approximate surface area is 127 Å². The van der Waals surface area contributed by atoms with E-state index in [4.69, 9.17) is 5.73 Å². The highest BCUT2D eigenvalue weighted by Gasteiger charge is 2.32. The van der Waals surface area contributed by atoms with E-state index in [9.17, 15) is 17.6 Å². The Morgan fingerprint density at radius 1 is 1.14 bits per heavy atom. The summed E-state index contributed by atoms with van der Waals surface area (Å²) in [7, 11) is -4.04. The van der Waals surface area contributed by atoms with Crippen LogP contribution in [0.25, 0.3) is 0 Å². The molecule has 22 heavy (non-hydrogen) atoms. The fourth-order valence-corrected chi connectivity index (χ4v) is 3.59. The number of hydrogen-bond acceptors (Lipinski definition) is 3. The van der Waals surface area contributed by atoms with Gasteiger partial charge in [-0.2, -0.15) is 0 Å². The summed E-state index contributed by atoms with van der Waals surface area (Å²) in [6, 6.07) is 10.3. The van der Waals surface area contributed by atoms with Crippen molar-refractivity contribution in [3.05, 3.63) is 65.5 Å². The van der Waals surface area contributed by atoms with Crippen LogP contribution in [0.4, 0.5) is 9.18 Å². The number of sulfone groups is 1. The third-order valence-electron chi connectivity index (χ3n) is 3.12. The minimum absolute atomic E-state index is 0.0277. The fraction of sp³-hybridized carbons (Fsp3) is 0.133. The molecule has 1 atom stereocenters. The van der Waals surface area contributed by atoms with Gasteiger partial charge >= 0.3 is 6.03 Å². The van der Waals surface area contributed by atoms with Gasteiger partial charge in [0.1, 0.15) is 5.82 Å². The molecule has 0 aromatic heterocycles. The monoisotopic (exact) mass is 322 g/mol. The van der Waals surface area contributed by atoms with Crippen molar-refractivity contribution in [2.75, 3.05) is 0 Å². The highest BCUT2D eigenvalue weighted by Crippen LogP contribution is 2.28. The molecule has 0 spiro atoms. The summed E-state index contributed by atoms with van der Waals surface area (Å²) in [6.07, 6.45) is 0. The summed E-state index contributed by atoms with van der Waals surface area (Å²) in [5.41, 5.74) is 5.76. The van der Waals surface area contributed by atoms with Gasteiger partial charge in [-0.05, 0) is 25.1 Å². The molecule has 0 saturated carbocycles. The molecule has 2 rings (SSSR count). The first kappa shape index (κ1) is 16.0. The third-order valence-corrected chi connectivity index (χ3v) is 5.04. The molecule has 2 amide bonds. The Hall–Kier alpha value is -2.41. The molecule has 1 unspecified atom stereocenters. The van der Waals surface area contributed by atoms with Crippen LogP contribution in [0.3, 0.4) is 0 Å². The van der Waals surface area contributed by atoms with Gasteiger partial charge in [-0.1, -0.05) is 35.9 Å². The van der Waals surface area contributed by atoms with Gasteiger partial charge in [-0.15, -0.1) is 0 Å². The number of nitrogens with one attached hydrogen (secondary N) is 1. The van der Waals surface area contributed by atoms with Gasteiger partial charge in [-0.3, -0.25) is 0 Å². The number of nitrogens with two attached hydrogens (primary N) is 1. The van der Waals surface area contributed by atoms with Crippen LogP contribution in [0.2, 0.25) is 0 Å². The molecule has 2 aromatic rings. The van der Waals surface area contributed by atoms with Crippen LogP contribution in [0, 0.1) is 12.7 Å². The molecule has 0 radical (unpaired) electrons. The van der Waals surface area contributed by atoms with Crippen LogP contribution in [-0.2, 0) is 9.84 Å². The molecule has 5 nitrogen and oxygen atoms in total. The zero-order valence-electron chi connectivity index (χ0n) is 11.8. The maximum Gasteiger partial charge on any atom is 0.313 e. The van der Waals surface area contributed by atoms with Gasteiger partial charge in [0.25, 0.3) is 0 Å².